The summed E-state index contributed by atoms with van der Waals surface area (Å²) in [6.45, 7) is 4.15. The molecule has 0 unspecified atom stereocenters. The van der Waals surface area contributed by atoms with Crippen LogP contribution in [-0.2, 0) is 6.42 Å². The van der Waals surface area contributed by atoms with E-state index in [0.717, 1.165) is 35.2 Å². The van der Waals surface area contributed by atoms with Gasteiger partial charge in [0.1, 0.15) is 0 Å². The van der Waals surface area contributed by atoms with Gasteiger partial charge in [-0.25, -0.2) is 0 Å². The third-order valence-electron chi connectivity index (χ3n) is 3.29. The molecule has 0 spiro atoms. The highest BCUT2D eigenvalue weighted by atomic mass is 16.2. The molecule has 21 heavy (non-hydrogen) atoms. The van der Waals surface area contributed by atoms with E-state index < -0.39 is 0 Å². The minimum Gasteiger partial charge on any atom is -0.396 e. The zero-order valence-electron chi connectivity index (χ0n) is 12.5. The molecule has 0 saturated carbocycles. The number of benzene rings is 2. The van der Waals surface area contributed by atoms with Crippen molar-refractivity contribution >= 4 is 11.6 Å². The molecule has 3 nitrogen and oxygen atoms in total. The summed E-state index contributed by atoms with van der Waals surface area (Å²) >= 11 is 0. The molecule has 0 fully saturated rings. The highest BCUT2D eigenvalue weighted by molar-refractivity contribution is 6.04. The first kappa shape index (κ1) is 15.3. The van der Waals surface area contributed by atoms with Gasteiger partial charge in [0.15, 0.2) is 0 Å². The van der Waals surface area contributed by atoms with Crippen molar-refractivity contribution in [2.75, 3.05) is 11.9 Å². The standard InChI is InChI=1S/C18H21NO2/c1-13-9-14(2)11-16(10-13)18(21)19-17-7-3-5-15(12-17)6-4-8-20/h3,5,7,9-12,20H,4,6,8H2,1-2H3,(H,19,21). The van der Waals surface area contributed by atoms with Gasteiger partial charge >= 0.3 is 0 Å². The molecule has 0 radical (unpaired) electrons. The summed E-state index contributed by atoms with van der Waals surface area (Å²) in [7, 11) is 0. The first-order valence-corrected chi connectivity index (χ1v) is 7.18. The molecule has 110 valence electrons. The summed E-state index contributed by atoms with van der Waals surface area (Å²) in [5.41, 5.74) is 4.74. The van der Waals surface area contributed by atoms with Gasteiger partial charge in [0.2, 0.25) is 0 Å². The van der Waals surface area contributed by atoms with Gasteiger partial charge in [-0.05, 0) is 56.5 Å². The van der Waals surface area contributed by atoms with Crippen LogP contribution >= 0.6 is 0 Å². The van der Waals surface area contributed by atoms with Gasteiger partial charge in [0.25, 0.3) is 5.91 Å². The molecule has 0 aliphatic rings. The maximum atomic E-state index is 12.3. The molecule has 0 aliphatic carbocycles. The Bertz CT molecular complexity index is 615. The smallest absolute Gasteiger partial charge is 0.255 e. The van der Waals surface area contributed by atoms with E-state index in [1.165, 1.54) is 0 Å². The predicted molar refractivity (Wildman–Crippen MR) is 85.7 cm³/mol. The molecule has 2 aromatic rings. The lowest BCUT2D eigenvalue weighted by Crippen LogP contribution is -2.12. The van der Waals surface area contributed by atoms with E-state index in [4.69, 9.17) is 5.11 Å². The summed E-state index contributed by atoms with van der Waals surface area (Å²) in [6.07, 6.45) is 1.54. The van der Waals surface area contributed by atoms with Gasteiger partial charge < -0.3 is 10.4 Å². The molecule has 0 heterocycles. The average Bonchev–Trinajstić information content (AvgIpc) is 2.44. The second-order valence-corrected chi connectivity index (χ2v) is 5.36. The average molecular weight is 283 g/mol. The third kappa shape index (κ3) is 4.43. The van der Waals surface area contributed by atoms with Gasteiger partial charge in [-0.2, -0.15) is 0 Å². The summed E-state index contributed by atoms with van der Waals surface area (Å²) < 4.78 is 0. The van der Waals surface area contributed by atoms with Gasteiger partial charge in [-0.3, -0.25) is 4.79 Å². The highest BCUT2D eigenvalue weighted by Gasteiger charge is 2.07. The Kier molecular flexibility index (Phi) is 5.12. The van der Waals surface area contributed by atoms with Crippen LogP contribution in [0.1, 0.15) is 33.5 Å². The number of carbonyl (C=O) groups excluding carboxylic acids is 1. The van der Waals surface area contributed by atoms with Crippen LogP contribution in [0.3, 0.4) is 0 Å². The molecule has 0 aliphatic heterocycles. The fourth-order valence-corrected chi connectivity index (χ4v) is 2.40. The van der Waals surface area contributed by atoms with E-state index in [9.17, 15) is 4.79 Å². The fraction of sp³-hybridized carbons (Fsp3) is 0.278. The molecular formula is C18H21NO2. The molecule has 1 amide bonds. The predicted octanol–water partition coefficient (Wildman–Crippen LogP) is 3.48. The van der Waals surface area contributed by atoms with Crippen LogP contribution in [0.4, 0.5) is 5.69 Å². The number of aliphatic hydroxyl groups excluding tert-OH is 1. The molecule has 2 rings (SSSR count). The van der Waals surface area contributed by atoms with Crippen LogP contribution in [0.25, 0.3) is 0 Å². The molecule has 2 N–H and O–H groups in total. The molecule has 0 bridgehead atoms. The molecule has 0 atom stereocenters. The van der Waals surface area contributed by atoms with Gasteiger partial charge in [-0.15, -0.1) is 0 Å². The summed E-state index contributed by atoms with van der Waals surface area (Å²) in [5.74, 6) is -0.0962. The molecular weight excluding hydrogens is 262 g/mol. The Morgan fingerprint density at radius 1 is 1.10 bits per heavy atom. The number of hydrogen-bond donors (Lipinski definition) is 2. The highest BCUT2D eigenvalue weighted by Crippen LogP contribution is 2.15. The maximum absolute atomic E-state index is 12.3. The summed E-state index contributed by atoms with van der Waals surface area (Å²) in [4.78, 5) is 12.3. The fourth-order valence-electron chi connectivity index (χ4n) is 2.40. The topological polar surface area (TPSA) is 49.3 Å². The normalized spacial score (nSPS) is 10.4. The number of rotatable bonds is 5. The summed E-state index contributed by atoms with van der Waals surface area (Å²) in [6, 6.07) is 13.6. The van der Waals surface area contributed by atoms with Gasteiger partial charge in [0.05, 0.1) is 0 Å². The van der Waals surface area contributed by atoms with Crippen LogP contribution in [0.2, 0.25) is 0 Å². The number of amides is 1. The largest absolute Gasteiger partial charge is 0.396 e. The minimum absolute atomic E-state index is 0.0962. The Hall–Kier alpha value is -2.13. The van der Waals surface area contributed by atoms with E-state index in [0.29, 0.717) is 5.56 Å². The van der Waals surface area contributed by atoms with Crippen molar-refractivity contribution in [2.24, 2.45) is 0 Å². The van der Waals surface area contributed by atoms with E-state index in [1.54, 1.807) is 0 Å². The van der Waals surface area contributed by atoms with Gasteiger partial charge in [0, 0.05) is 17.9 Å². The molecule has 3 heteroatoms. The second-order valence-electron chi connectivity index (χ2n) is 5.36. The van der Waals surface area contributed by atoms with E-state index in [-0.39, 0.29) is 12.5 Å². The minimum atomic E-state index is -0.0962. The number of aliphatic hydroxyl groups is 1. The van der Waals surface area contributed by atoms with Crippen molar-refractivity contribution < 1.29 is 9.90 Å². The van der Waals surface area contributed by atoms with Crippen molar-refractivity contribution in [3.8, 4) is 0 Å². The lowest BCUT2D eigenvalue weighted by molar-refractivity contribution is 0.102. The lowest BCUT2D eigenvalue weighted by atomic mass is 10.1. The van der Waals surface area contributed by atoms with Gasteiger partial charge in [-0.1, -0.05) is 29.3 Å². The quantitative estimate of drug-likeness (QED) is 0.882. The van der Waals surface area contributed by atoms with Crippen LogP contribution in [0.5, 0.6) is 0 Å². The monoisotopic (exact) mass is 283 g/mol. The molecule has 0 aromatic heterocycles. The summed E-state index contributed by atoms with van der Waals surface area (Å²) in [5, 5.41) is 11.8. The van der Waals surface area contributed by atoms with Crippen LogP contribution in [-0.4, -0.2) is 17.6 Å². The Balaban J connectivity index is 2.11. The maximum Gasteiger partial charge on any atom is 0.255 e. The SMILES string of the molecule is Cc1cc(C)cc(C(=O)Nc2cccc(CCCO)c2)c1. The lowest BCUT2D eigenvalue weighted by Gasteiger charge is -2.09. The van der Waals surface area contributed by atoms with E-state index in [1.807, 2.05) is 56.3 Å². The number of hydrogen-bond acceptors (Lipinski definition) is 2. The second kappa shape index (κ2) is 7.04. The zero-order valence-corrected chi connectivity index (χ0v) is 12.5. The van der Waals surface area contributed by atoms with Crippen LogP contribution < -0.4 is 5.32 Å². The van der Waals surface area contributed by atoms with Crippen molar-refractivity contribution in [1.29, 1.82) is 0 Å². The first-order valence-electron chi connectivity index (χ1n) is 7.18. The Morgan fingerprint density at radius 2 is 1.81 bits per heavy atom. The van der Waals surface area contributed by atoms with Crippen molar-refractivity contribution in [3.05, 3.63) is 64.7 Å². The van der Waals surface area contributed by atoms with Crippen molar-refractivity contribution in [3.63, 3.8) is 0 Å². The number of nitrogens with one attached hydrogen (secondary N) is 1. The molecule has 0 saturated heterocycles. The number of anilines is 1. The van der Waals surface area contributed by atoms with E-state index >= 15 is 0 Å². The first-order chi connectivity index (χ1) is 10.1. The van der Waals surface area contributed by atoms with Crippen LogP contribution in [0.15, 0.2) is 42.5 Å². The zero-order chi connectivity index (χ0) is 15.2. The Labute approximate surface area is 125 Å². The van der Waals surface area contributed by atoms with E-state index in [2.05, 4.69) is 5.32 Å². The third-order valence-corrected chi connectivity index (χ3v) is 3.29. The Morgan fingerprint density at radius 3 is 2.48 bits per heavy atom. The van der Waals surface area contributed by atoms with Crippen molar-refractivity contribution in [2.45, 2.75) is 26.7 Å². The van der Waals surface area contributed by atoms with Crippen LogP contribution in [0, 0.1) is 13.8 Å². The molecule has 2 aromatic carbocycles. The number of carbonyl (C=O) groups is 1. The number of aryl methyl sites for hydroxylation is 3. The van der Waals surface area contributed by atoms with Crippen molar-refractivity contribution in [1.82, 2.24) is 0 Å².